The number of aromatic nitrogens is 3. The molecular weight excluding hydrogens is 242 g/mol. The van der Waals surface area contributed by atoms with Crippen LogP contribution in [0.5, 0.6) is 0 Å². The van der Waals surface area contributed by atoms with E-state index in [2.05, 4.69) is 27.2 Å². The third kappa shape index (κ3) is 3.42. The molecule has 0 bridgehead atoms. The molecule has 0 saturated carbocycles. The Morgan fingerprint density at radius 2 is 2.21 bits per heavy atom. The molecule has 2 rings (SSSR count). The molecule has 0 aliphatic rings. The van der Waals surface area contributed by atoms with E-state index in [1.165, 1.54) is 0 Å². The van der Waals surface area contributed by atoms with E-state index in [0.29, 0.717) is 0 Å². The number of fused-ring (bicyclic) bond motifs is 1. The van der Waals surface area contributed by atoms with Crippen LogP contribution in [0.3, 0.4) is 0 Å². The van der Waals surface area contributed by atoms with Crippen molar-refractivity contribution in [1.82, 2.24) is 19.4 Å². The number of hydrogen-bond donors (Lipinski definition) is 1. The highest BCUT2D eigenvalue weighted by molar-refractivity contribution is 5.85. The predicted molar refractivity (Wildman–Crippen MR) is 76.4 cm³/mol. The number of imidazole rings is 1. The fourth-order valence-corrected chi connectivity index (χ4v) is 1.92. The van der Waals surface area contributed by atoms with Gasteiger partial charge in [0, 0.05) is 40.0 Å². The van der Waals surface area contributed by atoms with E-state index in [-0.39, 0.29) is 0 Å². The number of hydrogen-bond acceptors (Lipinski definition) is 5. The minimum absolute atomic E-state index is 0.755. The average molecular weight is 263 g/mol. The van der Waals surface area contributed by atoms with Crippen LogP contribution >= 0.6 is 0 Å². The van der Waals surface area contributed by atoms with E-state index in [1.807, 2.05) is 24.0 Å². The van der Waals surface area contributed by atoms with E-state index in [4.69, 9.17) is 4.74 Å². The van der Waals surface area contributed by atoms with Gasteiger partial charge in [-0.15, -0.1) is 0 Å². The molecule has 0 aliphatic carbocycles. The second-order valence-corrected chi connectivity index (χ2v) is 4.61. The number of methoxy groups -OCH3 is 1. The number of aryl methyl sites for hydroxylation is 1. The van der Waals surface area contributed by atoms with Crippen LogP contribution < -0.4 is 5.32 Å². The zero-order chi connectivity index (χ0) is 13.7. The van der Waals surface area contributed by atoms with Gasteiger partial charge in [0.2, 0.25) is 0 Å². The van der Waals surface area contributed by atoms with E-state index in [9.17, 15) is 0 Å². The molecule has 0 atom stereocenters. The maximum atomic E-state index is 5.05. The fraction of sp³-hybridized carbons (Fsp3) is 0.538. The average Bonchev–Trinajstić information content (AvgIpc) is 2.79. The Labute approximate surface area is 113 Å². The maximum Gasteiger partial charge on any atom is 0.154 e. The first kappa shape index (κ1) is 13.8. The lowest BCUT2D eigenvalue weighted by Crippen LogP contribution is -2.28. The van der Waals surface area contributed by atoms with E-state index >= 15 is 0 Å². The van der Waals surface area contributed by atoms with Crippen molar-refractivity contribution in [3.63, 3.8) is 0 Å². The summed E-state index contributed by atoms with van der Waals surface area (Å²) in [5.41, 5.74) is 2.01. The first-order valence-electron chi connectivity index (χ1n) is 6.39. The van der Waals surface area contributed by atoms with Crippen LogP contribution in [0.4, 0.5) is 5.82 Å². The largest absolute Gasteiger partial charge is 0.383 e. The highest BCUT2D eigenvalue weighted by Crippen LogP contribution is 2.17. The molecule has 2 heterocycles. The quantitative estimate of drug-likeness (QED) is 0.806. The number of pyridine rings is 1. The minimum atomic E-state index is 0.755. The first-order chi connectivity index (χ1) is 9.22. The van der Waals surface area contributed by atoms with Gasteiger partial charge in [0.05, 0.1) is 18.5 Å². The van der Waals surface area contributed by atoms with Gasteiger partial charge in [-0.2, -0.15) is 0 Å². The van der Waals surface area contributed by atoms with Gasteiger partial charge in [0.1, 0.15) is 5.52 Å². The van der Waals surface area contributed by atoms with Gasteiger partial charge in [-0.3, -0.25) is 0 Å². The third-order valence-electron chi connectivity index (χ3n) is 3.11. The summed E-state index contributed by atoms with van der Waals surface area (Å²) in [7, 11) is 5.78. The number of nitrogens with one attached hydrogen (secondary N) is 1. The Balaban J connectivity index is 1.91. The molecule has 0 aromatic carbocycles. The van der Waals surface area contributed by atoms with Gasteiger partial charge in [0.15, 0.2) is 5.82 Å². The van der Waals surface area contributed by atoms with Gasteiger partial charge < -0.3 is 19.5 Å². The summed E-state index contributed by atoms with van der Waals surface area (Å²) in [6, 6.07) is 1.97. The Bertz CT molecular complexity index is 525. The van der Waals surface area contributed by atoms with Crippen LogP contribution in [-0.2, 0) is 11.8 Å². The number of nitrogens with zero attached hydrogens (tertiary/aromatic N) is 4. The van der Waals surface area contributed by atoms with Crippen molar-refractivity contribution in [2.24, 2.45) is 7.05 Å². The van der Waals surface area contributed by atoms with Gasteiger partial charge in [-0.1, -0.05) is 0 Å². The molecule has 6 heteroatoms. The molecule has 0 saturated heterocycles. The molecule has 0 fully saturated rings. The Morgan fingerprint density at radius 1 is 1.37 bits per heavy atom. The summed E-state index contributed by atoms with van der Waals surface area (Å²) in [6.07, 6.45) is 3.61. The normalized spacial score (nSPS) is 11.4. The van der Waals surface area contributed by atoms with Crippen molar-refractivity contribution in [3.8, 4) is 0 Å². The van der Waals surface area contributed by atoms with Gasteiger partial charge >= 0.3 is 0 Å². The number of likely N-dealkylation sites (N-methyl/N-ethyl adjacent to an activating group) is 1. The fourth-order valence-electron chi connectivity index (χ4n) is 1.92. The lowest BCUT2D eigenvalue weighted by molar-refractivity contribution is 0.163. The van der Waals surface area contributed by atoms with E-state index < -0.39 is 0 Å². The Morgan fingerprint density at radius 3 is 3.00 bits per heavy atom. The van der Waals surface area contributed by atoms with Crippen molar-refractivity contribution in [1.29, 1.82) is 0 Å². The molecule has 2 aromatic heterocycles. The summed E-state index contributed by atoms with van der Waals surface area (Å²) in [6.45, 7) is 3.46. The molecule has 0 unspecified atom stereocenters. The smallest absolute Gasteiger partial charge is 0.154 e. The highest BCUT2D eigenvalue weighted by atomic mass is 16.5. The topological polar surface area (TPSA) is 55.2 Å². The van der Waals surface area contributed by atoms with Crippen molar-refractivity contribution < 1.29 is 4.74 Å². The molecule has 104 valence electrons. The second kappa shape index (κ2) is 6.49. The standard InChI is InChI=1S/C13H21N5O/c1-17(8-9-19-3)7-6-15-13-12-11(4-5-14-13)18(2)10-16-12/h4-5,10H,6-9H2,1-3H3,(H,14,15). The molecule has 2 aromatic rings. The van der Waals surface area contributed by atoms with Crippen molar-refractivity contribution in [3.05, 3.63) is 18.6 Å². The van der Waals surface area contributed by atoms with Gasteiger partial charge in [-0.25, -0.2) is 9.97 Å². The van der Waals surface area contributed by atoms with Crippen LogP contribution in [0.25, 0.3) is 11.0 Å². The summed E-state index contributed by atoms with van der Waals surface area (Å²) in [4.78, 5) is 10.9. The van der Waals surface area contributed by atoms with Gasteiger partial charge in [0.25, 0.3) is 0 Å². The number of anilines is 1. The van der Waals surface area contributed by atoms with Crippen LogP contribution in [0.15, 0.2) is 18.6 Å². The molecule has 6 nitrogen and oxygen atoms in total. The predicted octanol–water partition coefficient (Wildman–Crippen LogP) is 0.958. The summed E-state index contributed by atoms with van der Waals surface area (Å²) < 4.78 is 7.04. The lowest BCUT2D eigenvalue weighted by atomic mass is 10.3. The molecule has 1 N–H and O–H groups in total. The maximum absolute atomic E-state index is 5.05. The van der Waals surface area contributed by atoms with Crippen molar-refractivity contribution >= 4 is 16.9 Å². The number of ether oxygens (including phenoxy) is 1. The highest BCUT2D eigenvalue weighted by Gasteiger charge is 2.06. The summed E-state index contributed by atoms with van der Waals surface area (Å²) >= 11 is 0. The molecule has 0 radical (unpaired) electrons. The van der Waals surface area contributed by atoms with Crippen molar-refractivity contribution in [2.75, 3.05) is 45.7 Å². The summed E-state index contributed by atoms with van der Waals surface area (Å²) in [5, 5.41) is 3.34. The van der Waals surface area contributed by atoms with E-state index in [0.717, 1.165) is 43.1 Å². The number of rotatable bonds is 7. The zero-order valence-corrected chi connectivity index (χ0v) is 11.8. The minimum Gasteiger partial charge on any atom is -0.383 e. The lowest BCUT2D eigenvalue weighted by Gasteiger charge is -2.16. The van der Waals surface area contributed by atoms with E-state index in [1.54, 1.807) is 13.3 Å². The van der Waals surface area contributed by atoms with Crippen LogP contribution in [0, 0.1) is 0 Å². The molecule has 0 spiro atoms. The second-order valence-electron chi connectivity index (χ2n) is 4.61. The molecule has 19 heavy (non-hydrogen) atoms. The van der Waals surface area contributed by atoms with Gasteiger partial charge in [-0.05, 0) is 13.1 Å². The Hall–Kier alpha value is -1.66. The summed E-state index contributed by atoms with van der Waals surface area (Å²) in [5.74, 6) is 0.846. The monoisotopic (exact) mass is 263 g/mol. The molecule has 0 amide bonds. The van der Waals surface area contributed by atoms with Crippen LogP contribution in [0.2, 0.25) is 0 Å². The van der Waals surface area contributed by atoms with Crippen LogP contribution in [-0.4, -0.2) is 59.8 Å². The first-order valence-corrected chi connectivity index (χ1v) is 6.39. The molecule has 0 aliphatic heterocycles. The van der Waals surface area contributed by atoms with Crippen LogP contribution in [0.1, 0.15) is 0 Å². The zero-order valence-electron chi connectivity index (χ0n) is 11.8. The SMILES string of the molecule is COCCN(C)CCNc1nccc2c1ncn2C. The van der Waals surface area contributed by atoms with Crippen molar-refractivity contribution in [2.45, 2.75) is 0 Å². The Kier molecular flexibility index (Phi) is 4.70. The third-order valence-corrected chi connectivity index (χ3v) is 3.11. The molecular formula is C13H21N5O.